The molecular formula is C9H8N2O2. The number of hydrogen-bond donors (Lipinski definition) is 0. The van der Waals surface area contributed by atoms with E-state index in [1.165, 1.54) is 12.4 Å². The van der Waals surface area contributed by atoms with Crippen LogP contribution in [0.15, 0.2) is 33.6 Å². The second kappa shape index (κ2) is 2.97. The molecule has 0 saturated carbocycles. The standard InChI is InChI=1S/C9H8N2O2/c1-2-13-9-4-7-6(3-8(9)12)10-5-11-7/h3-5H,2H2,1H3. The number of nitrogens with zero attached hydrogens (tertiary/aromatic N) is 2. The summed E-state index contributed by atoms with van der Waals surface area (Å²) in [6.45, 7) is 2.31. The molecule has 2 aliphatic rings. The summed E-state index contributed by atoms with van der Waals surface area (Å²) in [4.78, 5) is 19.2. The molecule has 0 amide bonds. The Morgan fingerprint density at radius 2 is 2.31 bits per heavy atom. The van der Waals surface area contributed by atoms with Crippen molar-refractivity contribution in [1.29, 1.82) is 0 Å². The maximum atomic E-state index is 11.3. The molecule has 1 aliphatic carbocycles. The molecule has 66 valence electrons. The molecule has 1 heterocycles. The Balaban J connectivity index is 2.30. The highest BCUT2D eigenvalue weighted by atomic mass is 16.5. The van der Waals surface area contributed by atoms with Crippen molar-refractivity contribution < 1.29 is 9.53 Å². The van der Waals surface area contributed by atoms with Gasteiger partial charge in [0.25, 0.3) is 0 Å². The molecule has 0 atom stereocenters. The molecule has 1 aliphatic heterocycles. The first kappa shape index (κ1) is 7.91. The van der Waals surface area contributed by atoms with Crippen molar-refractivity contribution in [3.05, 3.63) is 23.6 Å². The van der Waals surface area contributed by atoms with E-state index >= 15 is 0 Å². The Morgan fingerprint density at radius 3 is 3.08 bits per heavy atom. The summed E-state index contributed by atoms with van der Waals surface area (Å²) in [7, 11) is 0. The number of aliphatic imine (C=N–C) groups is 2. The Hall–Kier alpha value is -1.71. The molecule has 0 bridgehead atoms. The third-order valence-corrected chi connectivity index (χ3v) is 1.73. The highest BCUT2D eigenvalue weighted by molar-refractivity contribution is 6.24. The summed E-state index contributed by atoms with van der Waals surface area (Å²) in [5.74, 6) is 0.199. The van der Waals surface area contributed by atoms with E-state index in [1.807, 2.05) is 6.92 Å². The Morgan fingerprint density at radius 1 is 1.46 bits per heavy atom. The fourth-order valence-electron chi connectivity index (χ4n) is 1.17. The number of rotatable bonds is 2. The van der Waals surface area contributed by atoms with Gasteiger partial charge in [-0.15, -0.1) is 0 Å². The summed E-state index contributed by atoms with van der Waals surface area (Å²) >= 11 is 0. The lowest BCUT2D eigenvalue weighted by molar-refractivity contribution is -0.114. The first-order valence-corrected chi connectivity index (χ1v) is 4.02. The number of allylic oxidation sites excluding steroid dienone is 2. The molecule has 0 aromatic heterocycles. The van der Waals surface area contributed by atoms with Crippen LogP contribution in [0.3, 0.4) is 0 Å². The van der Waals surface area contributed by atoms with E-state index in [0.717, 1.165) is 0 Å². The monoisotopic (exact) mass is 176 g/mol. The number of carbonyl (C=O) groups is 1. The van der Waals surface area contributed by atoms with Crippen LogP contribution in [0.25, 0.3) is 0 Å². The molecule has 0 spiro atoms. The fourth-order valence-corrected chi connectivity index (χ4v) is 1.17. The first-order valence-electron chi connectivity index (χ1n) is 4.02. The molecule has 2 rings (SSSR count). The van der Waals surface area contributed by atoms with Crippen LogP contribution in [-0.4, -0.2) is 24.4 Å². The van der Waals surface area contributed by atoms with Gasteiger partial charge in [0.05, 0.1) is 18.0 Å². The van der Waals surface area contributed by atoms with Crippen molar-refractivity contribution in [2.75, 3.05) is 6.61 Å². The van der Waals surface area contributed by atoms with Gasteiger partial charge in [-0.1, -0.05) is 0 Å². The average molecular weight is 176 g/mol. The first-order chi connectivity index (χ1) is 6.31. The van der Waals surface area contributed by atoms with E-state index in [9.17, 15) is 4.79 Å². The number of carbonyl (C=O) groups excluding carboxylic acids is 1. The predicted molar refractivity (Wildman–Crippen MR) is 48.7 cm³/mol. The molecule has 0 unspecified atom stereocenters. The maximum absolute atomic E-state index is 11.3. The van der Waals surface area contributed by atoms with Gasteiger partial charge >= 0.3 is 0 Å². The van der Waals surface area contributed by atoms with E-state index in [1.54, 1.807) is 6.08 Å². The van der Waals surface area contributed by atoms with Gasteiger partial charge in [-0.05, 0) is 6.92 Å². The molecule has 4 heteroatoms. The quantitative estimate of drug-likeness (QED) is 0.586. The van der Waals surface area contributed by atoms with Gasteiger partial charge in [-0.25, -0.2) is 9.98 Å². The van der Waals surface area contributed by atoms with Gasteiger partial charge in [0, 0.05) is 12.2 Å². The Bertz CT molecular complexity index is 375. The highest BCUT2D eigenvalue weighted by Gasteiger charge is 2.20. The van der Waals surface area contributed by atoms with Crippen LogP contribution in [0.5, 0.6) is 0 Å². The number of ketones is 1. The molecule has 13 heavy (non-hydrogen) atoms. The smallest absolute Gasteiger partial charge is 0.222 e. The molecule has 0 aromatic carbocycles. The van der Waals surface area contributed by atoms with Gasteiger partial charge in [0.1, 0.15) is 6.34 Å². The van der Waals surface area contributed by atoms with Crippen molar-refractivity contribution >= 4 is 17.8 Å². The summed E-state index contributed by atoms with van der Waals surface area (Å²) in [6, 6.07) is 0. The van der Waals surface area contributed by atoms with Crippen molar-refractivity contribution in [3.8, 4) is 0 Å². The van der Waals surface area contributed by atoms with Gasteiger partial charge < -0.3 is 4.74 Å². The Kier molecular flexibility index (Phi) is 1.81. The summed E-state index contributed by atoms with van der Waals surface area (Å²) in [5.41, 5.74) is 1.32. The largest absolute Gasteiger partial charge is 0.490 e. The minimum Gasteiger partial charge on any atom is -0.490 e. The topological polar surface area (TPSA) is 51.0 Å². The highest BCUT2D eigenvalue weighted by Crippen LogP contribution is 2.17. The van der Waals surface area contributed by atoms with Crippen molar-refractivity contribution in [3.63, 3.8) is 0 Å². The number of fused-ring (bicyclic) bond motifs is 1. The van der Waals surface area contributed by atoms with E-state index in [2.05, 4.69) is 9.98 Å². The number of hydrogen-bond acceptors (Lipinski definition) is 4. The normalized spacial score (nSPS) is 19.2. The van der Waals surface area contributed by atoms with Crippen LogP contribution in [0, 0.1) is 0 Å². The van der Waals surface area contributed by atoms with Crippen molar-refractivity contribution in [2.24, 2.45) is 9.98 Å². The van der Waals surface area contributed by atoms with Crippen LogP contribution < -0.4 is 0 Å². The second-order valence-electron chi connectivity index (χ2n) is 2.59. The van der Waals surface area contributed by atoms with E-state index < -0.39 is 0 Å². The summed E-state index contributed by atoms with van der Waals surface area (Å²) in [5, 5.41) is 0. The lowest BCUT2D eigenvalue weighted by Crippen LogP contribution is -2.13. The van der Waals surface area contributed by atoms with Gasteiger partial charge in [0.15, 0.2) is 5.76 Å². The van der Waals surface area contributed by atoms with Crippen molar-refractivity contribution in [1.82, 2.24) is 0 Å². The zero-order valence-corrected chi connectivity index (χ0v) is 7.15. The molecule has 0 radical (unpaired) electrons. The summed E-state index contributed by atoms with van der Waals surface area (Å²) < 4.78 is 5.13. The lowest BCUT2D eigenvalue weighted by Gasteiger charge is -2.09. The average Bonchev–Trinajstić information content (AvgIpc) is 2.52. The van der Waals surface area contributed by atoms with Crippen molar-refractivity contribution in [2.45, 2.75) is 6.92 Å². The third-order valence-electron chi connectivity index (χ3n) is 1.73. The third kappa shape index (κ3) is 1.30. The summed E-state index contributed by atoms with van der Waals surface area (Å²) in [6.07, 6.45) is 4.49. The maximum Gasteiger partial charge on any atom is 0.222 e. The van der Waals surface area contributed by atoms with Crippen LogP contribution >= 0.6 is 0 Å². The zero-order valence-electron chi connectivity index (χ0n) is 7.15. The van der Waals surface area contributed by atoms with Crippen LogP contribution in [-0.2, 0) is 9.53 Å². The molecule has 0 saturated heterocycles. The van der Waals surface area contributed by atoms with E-state index in [-0.39, 0.29) is 5.78 Å². The minimum atomic E-state index is -0.144. The van der Waals surface area contributed by atoms with E-state index in [4.69, 9.17) is 4.74 Å². The lowest BCUT2D eigenvalue weighted by atomic mass is 10.1. The van der Waals surface area contributed by atoms with Crippen LogP contribution in [0.1, 0.15) is 6.92 Å². The van der Waals surface area contributed by atoms with Gasteiger partial charge in [-0.3, -0.25) is 4.79 Å². The van der Waals surface area contributed by atoms with E-state index in [0.29, 0.717) is 23.8 Å². The second-order valence-corrected chi connectivity index (χ2v) is 2.59. The fraction of sp³-hybridized carbons (Fsp3) is 0.222. The molecule has 0 N–H and O–H groups in total. The Labute approximate surface area is 75.3 Å². The van der Waals surface area contributed by atoms with Gasteiger partial charge in [-0.2, -0.15) is 0 Å². The van der Waals surface area contributed by atoms with Gasteiger partial charge in [0.2, 0.25) is 5.78 Å². The van der Waals surface area contributed by atoms with Crippen LogP contribution in [0.2, 0.25) is 0 Å². The predicted octanol–water partition coefficient (Wildman–Crippen LogP) is 0.856. The molecular weight excluding hydrogens is 168 g/mol. The molecule has 0 fully saturated rings. The SMILES string of the molecule is CCOC1=CC2=NC=NC2=CC1=O. The molecule has 0 aromatic rings. The minimum absolute atomic E-state index is 0.144. The van der Waals surface area contributed by atoms with Crippen LogP contribution in [0.4, 0.5) is 0 Å². The molecule has 4 nitrogen and oxygen atoms in total. The zero-order chi connectivity index (χ0) is 9.26. The number of ether oxygens (including phenoxy) is 1.